The first-order chi connectivity index (χ1) is 10.1. The Morgan fingerprint density at radius 1 is 1.00 bits per heavy atom. The van der Waals surface area contributed by atoms with E-state index in [1.807, 2.05) is 79.7 Å². The van der Waals surface area contributed by atoms with Gasteiger partial charge in [0.05, 0.1) is 5.25 Å². The third kappa shape index (κ3) is 4.16. The van der Waals surface area contributed by atoms with Crippen LogP contribution in [-0.2, 0) is 0 Å². The SMILES string of the molecule is CN(C)C(=S)SC(C(=O)c1ccccc1)c1ccccc1. The molecule has 108 valence electrons. The Morgan fingerprint density at radius 3 is 2.05 bits per heavy atom. The molecule has 0 saturated carbocycles. The Bertz CT molecular complexity index is 611. The van der Waals surface area contributed by atoms with E-state index < -0.39 is 0 Å². The van der Waals surface area contributed by atoms with Gasteiger partial charge in [-0.2, -0.15) is 0 Å². The zero-order valence-corrected chi connectivity index (χ0v) is 13.7. The molecule has 0 aromatic heterocycles. The average Bonchev–Trinajstić information content (AvgIpc) is 2.53. The van der Waals surface area contributed by atoms with E-state index in [0.717, 1.165) is 5.56 Å². The van der Waals surface area contributed by atoms with Gasteiger partial charge in [-0.1, -0.05) is 84.6 Å². The molecule has 0 heterocycles. The lowest BCUT2D eigenvalue weighted by molar-refractivity contribution is 0.0990. The highest BCUT2D eigenvalue weighted by atomic mass is 32.2. The third-order valence-corrected chi connectivity index (χ3v) is 4.93. The number of nitrogens with zero attached hydrogens (tertiary/aromatic N) is 1. The maximum Gasteiger partial charge on any atom is 0.180 e. The van der Waals surface area contributed by atoms with Crippen LogP contribution in [0.2, 0.25) is 0 Å². The molecule has 0 amide bonds. The number of hydrogen-bond donors (Lipinski definition) is 0. The molecule has 0 N–H and O–H groups in total. The molecule has 1 unspecified atom stereocenters. The minimum absolute atomic E-state index is 0.0796. The van der Waals surface area contributed by atoms with Crippen molar-refractivity contribution in [3.05, 3.63) is 71.8 Å². The van der Waals surface area contributed by atoms with Crippen molar-refractivity contribution in [2.45, 2.75) is 5.25 Å². The normalized spacial score (nSPS) is 11.7. The number of hydrogen-bond acceptors (Lipinski definition) is 3. The fraction of sp³-hybridized carbons (Fsp3) is 0.176. The van der Waals surface area contributed by atoms with Gasteiger partial charge in [0.25, 0.3) is 0 Å². The summed E-state index contributed by atoms with van der Waals surface area (Å²) in [5, 5.41) is -0.316. The molecule has 0 aliphatic carbocycles. The van der Waals surface area contributed by atoms with E-state index in [4.69, 9.17) is 12.2 Å². The van der Waals surface area contributed by atoms with E-state index in [9.17, 15) is 4.79 Å². The second-order valence-corrected chi connectivity index (χ2v) is 6.54. The summed E-state index contributed by atoms with van der Waals surface area (Å²) in [6.07, 6.45) is 0. The number of ketones is 1. The first-order valence-electron chi connectivity index (χ1n) is 6.61. The van der Waals surface area contributed by atoms with Gasteiger partial charge in [-0.05, 0) is 5.56 Å². The van der Waals surface area contributed by atoms with Gasteiger partial charge in [-0.15, -0.1) is 0 Å². The predicted molar refractivity (Wildman–Crippen MR) is 93.8 cm³/mol. The van der Waals surface area contributed by atoms with Crippen molar-refractivity contribution in [1.29, 1.82) is 0 Å². The predicted octanol–water partition coefficient (Wildman–Crippen LogP) is 4.19. The van der Waals surface area contributed by atoms with Crippen molar-refractivity contribution in [3.8, 4) is 0 Å². The molecular formula is C17H17NOS2. The van der Waals surface area contributed by atoms with Gasteiger partial charge < -0.3 is 4.90 Å². The van der Waals surface area contributed by atoms with Crippen LogP contribution in [0, 0.1) is 0 Å². The van der Waals surface area contributed by atoms with Gasteiger partial charge >= 0.3 is 0 Å². The largest absolute Gasteiger partial charge is 0.364 e. The molecule has 0 spiro atoms. The molecule has 0 aliphatic rings. The van der Waals surface area contributed by atoms with Crippen LogP contribution in [0.4, 0.5) is 0 Å². The Morgan fingerprint density at radius 2 is 1.52 bits per heavy atom. The van der Waals surface area contributed by atoms with E-state index in [0.29, 0.717) is 9.88 Å². The third-order valence-electron chi connectivity index (χ3n) is 2.98. The number of thioether (sulfide) groups is 1. The van der Waals surface area contributed by atoms with Crippen LogP contribution in [0.3, 0.4) is 0 Å². The highest BCUT2D eigenvalue weighted by Gasteiger charge is 2.24. The number of carbonyl (C=O) groups is 1. The quantitative estimate of drug-likeness (QED) is 0.622. The van der Waals surface area contributed by atoms with E-state index >= 15 is 0 Å². The number of benzene rings is 2. The molecule has 2 aromatic rings. The lowest BCUT2D eigenvalue weighted by atomic mass is 10.0. The lowest BCUT2D eigenvalue weighted by Gasteiger charge is -2.20. The average molecular weight is 315 g/mol. The van der Waals surface area contributed by atoms with Gasteiger partial charge in [-0.3, -0.25) is 4.79 Å². The minimum Gasteiger partial charge on any atom is -0.364 e. The Kier molecular flexibility index (Phi) is 5.53. The molecule has 0 radical (unpaired) electrons. The van der Waals surface area contributed by atoms with Crippen molar-refractivity contribution in [2.75, 3.05) is 14.1 Å². The van der Waals surface area contributed by atoms with Crippen LogP contribution in [0.25, 0.3) is 0 Å². The smallest absolute Gasteiger partial charge is 0.180 e. The summed E-state index contributed by atoms with van der Waals surface area (Å²) < 4.78 is 0.702. The van der Waals surface area contributed by atoms with Crippen LogP contribution in [0.15, 0.2) is 60.7 Å². The van der Waals surface area contributed by atoms with Gasteiger partial charge in [0, 0.05) is 19.7 Å². The van der Waals surface area contributed by atoms with E-state index in [1.54, 1.807) is 0 Å². The van der Waals surface area contributed by atoms with Crippen molar-refractivity contribution < 1.29 is 4.79 Å². The molecule has 1 atom stereocenters. The Hall–Kier alpha value is -1.65. The van der Waals surface area contributed by atoms with Crippen molar-refractivity contribution in [1.82, 2.24) is 4.90 Å². The van der Waals surface area contributed by atoms with E-state index in [-0.39, 0.29) is 11.0 Å². The first kappa shape index (κ1) is 15.7. The fourth-order valence-electron chi connectivity index (χ4n) is 1.86. The number of Topliss-reactive ketones (excluding diaryl/α,β-unsaturated/α-hetero) is 1. The molecule has 21 heavy (non-hydrogen) atoms. The summed E-state index contributed by atoms with van der Waals surface area (Å²) in [4.78, 5) is 14.7. The fourth-order valence-corrected chi connectivity index (χ4v) is 3.10. The Labute approximate surface area is 135 Å². The molecule has 0 saturated heterocycles. The molecule has 2 aromatic carbocycles. The minimum atomic E-state index is -0.316. The summed E-state index contributed by atoms with van der Waals surface area (Å²) >= 11 is 6.78. The number of rotatable bonds is 4. The lowest BCUT2D eigenvalue weighted by Crippen LogP contribution is -2.20. The monoisotopic (exact) mass is 315 g/mol. The standard InChI is InChI=1S/C17H17NOS2/c1-18(2)17(20)21-16(14-11-7-4-8-12-14)15(19)13-9-5-3-6-10-13/h3-12,16H,1-2H3. The molecule has 2 rings (SSSR count). The Balaban J connectivity index is 2.32. The second-order valence-electron chi connectivity index (χ2n) is 4.80. The maximum absolute atomic E-state index is 12.8. The molecule has 0 bridgehead atoms. The zero-order chi connectivity index (χ0) is 15.2. The molecule has 2 nitrogen and oxygen atoms in total. The molecular weight excluding hydrogens is 298 g/mol. The van der Waals surface area contributed by atoms with Crippen LogP contribution in [-0.4, -0.2) is 29.1 Å². The topological polar surface area (TPSA) is 20.3 Å². The van der Waals surface area contributed by atoms with Gasteiger partial charge in [0.15, 0.2) is 5.78 Å². The van der Waals surface area contributed by atoms with E-state index in [2.05, 4.69) is 0 Å². The highest BCUT2D eigenvalue weighted by Crippen LogP contribution is 2.33. The van der Waals surface area contributed by atoms with Crippen LogP contribution >= 0.6 is 24.0 Å². The number of thiocarbonyl (C=S) groups is 1. The van der Waals surface area contributed by atoms with Gasteiger partial charge in [-0.25, -0.2) is 0 Å². The van der Waals surface area contributed by atoms with Crippen molar-refractivity contribution in [3.63, 3.8) is 0 Å². The summed E-state index contributed by atoms with van der Waals surface area (Å²) in [7, 11) is 3.79. The maximum atomic E-state index is 12.8. The molecule has 0 fully saturated rings. The van der Waals surface area contributed by atoms with E-state index in [1.165, 1.54) is 11.8 Å². The zero-order valence-electron chi connectivity index (χ0n) is 12.0. The van der Waals surface area contributed by atoms with Crippen LogP contribution < -0.4 is 0 Å². The van der Waals surface area contributed by atoms with Crippen LogP contribution in [0.1, 0.15) is 21.2 Å². The van der Waals surface area contributed by atoms with Gasteiger partial charge in [0.1, 0.15) is 4.32 Å². The first-order valence-corrected chi connectivity index (χ1v) is 7.90. The summed E-state index contributed by atoms with van der Waals surface area (Å²) in [6, 6.07) is 19.1. The molecule has 4 heteroatoms. The molecule has 0 aliphatic heterocycles. The van der Waals surface area contributed by atoms with Gasteiger partial charge in [0.2, 0.25) is 0 Å². The van der Waals surface area contributed by atoms with Crippen molar-refractivity contribution in [2.24, 2.45) is 0 Å². The summed E-state index contributed by atoms with van der Waals surface area (Å²) in [5.41, 5.74) is 1.68. The summed E-state index contributed by atoms with van der Waals surface area (Å²) in [6.45, 7) is 0. The van der Waals surface area contributed by atoms with Crippen molar-refractivity contribution >= 4 is 34.1 Å². The number of carbonyl (C=O) groups excluding carboxylic acids is 1. The highest BCUT2D eigenvalue weighted by molar-refractivity contribution is 8.23. The second kappa shape index (κ2) is 7.38. The van der Waals surface area contributed by atoms with Crippen LogP contribution in [0.5, 0.6) is 0 Å². The summed E-state index contributed by atoms with van der Waals surface area (Å²) in [5.74, 6) is 0.0796.